The third-order valence-corrected chi connectivity index (χ3v) is 3.35. The van der Waals surface area contributed by atoms with Gasteiger partial charge in [-0.25, -0.2) is 0 Å². The van der Waals surface area contributed by atoms with Crippen molar-refractivity contribution < 1.29 is 5.11 Å². The van der Waals surface area contributed by atoms with Crippen molar-refractivity contribution in [3.8, 4) is 0 Å². The quantitative estimate of drug-likeness (QED) is 0.840. The molecule has 1 aliphatic heterocycles. The first-order valence-electron chi connectivity index (χ1n) is 6.03. The van der Waals surface area contributed by atoms with Gasteiger partial charge in [0.15, 0.2) is 0 Å². The SMILES string of the molecule is Cc1cccnc1CN1CCCC(CO)C1. The van der Waals surface area contributed by atoms with Crippen molar-refractivity contribution in [3.63, 3.8) is 0 Å². The highest BCUT2D eigenvalue weighted by Gasteiger charge is 2.19. The van der Waals surface area contributed by atoms with E-state index in [2.05, 4.69) is 22.9 Å². The third kappa shape index (κ3) is 2.80. The summed E-state index contributed by atoms with van der Waals surface area (Å²) in [5.74, 6) is 0.456. The summed E-state index contributed by atoms with van der Waals surface area (Å²) in [6.45, 7) is 5.48. The molecule has 1 aliphatic rings. The Bertz CT molecular complexity index is 340. The number of aromatic nitrogens is 1. The molecule has 0 aromatic carbocycles. The van der Waals surface area contributed by atoms with E-state index in [9.17, 15) is 5.11 Å². The van der Waals surface area contributed by atoms with Crippen LogP contribution in [0, 0.1) is 12.8 Å². The van der Waals surface area contributed by atoms with Crippen molar-refractivity contribution in [2.24, 2.45) is 5.92 Å². The number of hydrogen-bond donors (Lipinski definition) is 1. The molecule has 0 saturated carbocycles. The Balaban J connectivity index is 1.97. The van der Waals surface area contributed by atoms with Crippen LogP contribution in [0.3, 0.4) is 0 Å². The highest BCUT2D eigenvalue weighted by molar-refractivity contribution is 5.17. The monoisotopic (exact) mass is 220 g/mol. The lowest BCUT2D eigenvalue weighted by Gasteiger charge is -2.31. The molecule has 1 saturated heterocycles. The van der Waals surface area contributed by atoms with Gasteiger partial charge in [0.2, 0.25) is 0 Å². The molecule has 1 unspecified atom stereocenters. The Morgan fingerprint density at radius 3 is 3.19 bits per heavy atom. The van der Waals surface area contributed by atoms with Gasteiger partial charge in [0.25, 0.3) is 0 Å². The summed E-state index contributed by atoms with van der Waals surface area (Å²) in [7, 11) is 0. The summed E-state index contributed by atoms with van der Waals surface area (Å²) in [6.07, 6.45) is 4.21. The molecule has 1 aromatic heterocycles. The van der Waals surface area contributed by atoms with Crippen LogP contribution in [-0.4, -0.2) is 34.7 Å². The molecule has 3 nitrogen and oxygen atoms in total. The zero-order valence-corrected chi connectivity index (χ0v) is 9.89. The van der Waals surface area contributed by atoms with Crippen LogP contribution in [0.15, 0.2) is 18.3 Å². The van der Waals surface area contributed by atoms with Crippen molar-refractivity contribution in [1.29, 1.82) is 0 Å². The van der Waals surface area contributed by atoms with Gasteiger partial charge >= 0.3 is 0 Å². The maximum Gasteiger partial charge on any atom is 0.0573 e. The van der Waals surface area contributed by atoms with E-state index >= 15 is 0 Å². The molecular weight excluding hydrogens is 200 g/mol. The van der Waals surface area contributed by atoms with Gasteiger partial charge in [0.1, 0.15) is 0 Å². The molecule has 2 heterocycles. The predicted molar refractivity (Wildman–Crippen MR) is 64.1 cm³/mol. The van der Waals surface area contributed by atoms with E-state index in [4.69, 9.17) is 0 Å². The van der Waals surface area contributed by atoms with E-state index in [1.807, 2.05) is 12.3 Å². The molecule has 1 N–H and O–H groups in total. The third-order valence-electron chi connectivity index (χ3n) is 3.35. The molecule has 0 spiro atoms. The van der Waals surface area contributed by atoms with Gasteiger partial charge in [0, 0.05) is 25.9 Å². The fraction of sp³-hybridized carbons (Fsp3) is 0.615. The standard InChI is InChI=1S/C13H20N2O/c1-11-4-2-6-14-13(11)9-15-7-3-5-12(8-15)10-16/h2,4,6,12,16H,3,5,7-10H2,1H3. The highest BCUT2D eigenvalue weighted by atomic mass is 16.3. The average molecular weight is 220 g/mol. The van der Waals surface area contributed by atoms with Crippen LogP contribution in [0.2, 0.25) is 0 Å². The molecule has 0 aliphatic carbocycles. The Kier molecular flexibility index (Phi) is 3.91. The lowest BCUT2D eigenvalue weighted by atomic mass is 9.99. The normalized spacial score (nSPS) is 22.2. The minimum Gasteiger partial charge on any atom is -0.396 e. The molecule has 2 rings (SSSR count). The van der Waals surface area contributed by atoms with Gasteiger partial charge in [-0.2, -0.15) is 0 Å². The molecule has 1 fully saturated rings. The zero-order valence-electron chi connectivity index (χ0n) is 9.89. The summed E-state index contributed by atoms with van der Waals surface area (Å²) < 4.78 is 0. The number of aryl methyl sites for hydroxylation is 1. The van der Waals surface area contributed by atoms with E-state index in [0.29, 0.717) is 12.5 Å². The summed E-state index contributed by atoms with van der Waals surface area (Å²) in [5, 5.41) is 9.19. The number of rotatable bonds is 3. The first-order chi connectivity index (χ1) is 7.79. The van der Waals surface area contributed by atoms with E-state index in [1.165, 1.54) is 17.7 Å². The number of pyridine rings is 1. The summed E-state index contributed by atoms with van der Waals surface area (Å²) in [5.41, 5.74) is 2.43. The van der Waals surface area contributed by atoms with E-state index in [-0.39, 0.29) is 0 Å². The smallest absolute Gasteiger partial charge is 0.0573 e. The van der Waals surface area contributed by atoms with E-state index < -0.39 is 0 Å². The lowest BCUT2D eigenvalue weighted by Crippen LogP contribution is -2.36. The van der Waals surface area contributed by atoms with Crippen LogP contribution >= 0.6 is 0 Å². The molecule has 3 heteroatoms. The van der Waals surface area contributed by atoms with Crippen molar-refractivity contribution in [2.45, 2.75) is 26.3 Å². The molecular formula is C13H20N2O. The average Bonchev–Trinajstić information content (AvgIpc) is 2.32. The largest absolute Gasteiger partial charge is 0.396 e. The molecule has 0 amide bonds. The van der Waals surface area contributed by atoms with Crippen molar-refractivity contribution in [3.05, 3.63) is 29.6 Å². The molecule has 1 atom stereocenters. The van der Waals surface area contributed by atoms with Crippen LogP contribution in [0.25, 0.3) is 0 Å². The Morgan fingerprint density at radius 1 is 1.56 bits per heavy atom. The van der Waals surface area contributed by atoms with Crippen LogP contribution in [0.4, 0.5) is 0 Å². The van der Waals surface area contributed by atoms with Crippen LogP contribution in [0.5, 0.6) is 0 Å². The summed E-state index contributed by atoms with van der Waals surface area (Å²) in [6, 6.07) is 4.08. The Labute approximate surface area is 97.1 Å². The second-order valence-electron chi connectivity index (χ2n) is 4.69. The molecule has 0 bridgehead atoms. The maximum absolute atomic E-state index is 9.19. The van der Waals surface area contributed by atoms with Crippen LogP contribution in [-0.2, 0) is 6.54 Å². The van der Waals surface area contributed by atoms with Crippen molar-refractivity contribution in [1.82, 2.24) is 9.88 Å². The van der Waals surface area contributed by atoms with E-state index in [1.54, 1.807) is 0 Å². The summed E-state index contributed by atoms with van der Waals surface area (Å²) in [4.78, 5) is 6.82. The van der Waals surface area contributed by atoms with Gasteiger partial charge < -0.3 is 5.11 Å². The van der Waals surface area contributed by atoms with Crippen molar-refractivity contribution >= 4 is 0 Å². The van der Waals surface area contributed by atoms with Gasteiger partial charge in [-0.05, 0) is 43.9 Å². The molecule has 1 aromatic rings. The van der Waals surface area contributed by atoms with Gasteiger partial charge in [-0.3, -0.25) is 9.88 Å². The molecule has 88 valence electrons. The minimum absolute atomic E-state index is 0.317. The maximum atomic E-state index is 9.19. The number of likely N-dealkylation sites (tertiary alicyclic amines) is 1. The van der Waals surface area contributed by atoms with Gasteiger partial charge in [-0.15, -0.1) is 0 Å². The first kappa shape index (κ1) is 11.6. The number of piperidine rings is 1. The van der Waals surface area contributed by atoms with E-state index in [0.717, 1.165) is 26.1 Å². The topological polar surface area (TPSA) is 36.4 Å². The van der Waals surface area contributed by atoms with Crippen LogP contribution in [0.1, 0.15) is 24.1 Å². The Morgan fingerprint density at radius 2 is 2.44 bits per heavy atom. The van der Waals surface area contributed by atoms with Gasteiger partial charge in [-0.1, -0.05) is 6.07 Å². The second-order valence-corrected chi connectivity index (χ2v) is 4.69. The predicted octanol–water partition coefficient (Wildman–Crippen LogP) is 1.59. The molecule has 0 radical (unpaired) electrons. The fourth-order valence-corrected chi connectivity index (χ4v) is 2.34. The lowest BCUT2D eigenvalue weighted by molar-refractivity contribution is 0.115. The number of nitrogens with zero attached hydrogens (tertiary/aromatic N) is 2. The van der Waals surface area contributed by atoms with Crippen LogP contribution < -0.4 is 0 Å². The fourth-order valence-electron chi connectivity index (χ4n) is 2.34. The summed E-state index contributed by atoms with van der Waals surface area (Å²) >= 11 is 0. The first-order valence-corrected chi connectivity index (χ1v) is 6.03. The van der Waals surface area contributed by atoms with Crippen molar-refractivity contribution in [2.75, 3.05) is 19.7 Å². The zero-order chi connectivity index (χ0) is 11.4. The number of hydrogen-bond acceptors (Lipinski definition) is 3. The highest BCUT2D eigenvalue weighted by Crippen LogP contribution is 2.18. The minimum atomic E-state index is 0.317. The number of aliphatic hydroxyl groups is 1. The second kappa shape index (κ2) is 5.41. The number of aliphatic hydroxyl groups excluding tert-OH is 1. The Hall–Kier alpha value is -0.930. The molecule has 16 heavy (non-hydrogen) atoms. The van der Waals surface area contributed by atoms with Gasteiger partial charge in [0.05, 0.1) is 5.69 Å².